The summed E-state index contributed by atoms with van der Waals surface area (Å²) in [6.07, 6.45) is 0. The minimum absolute atomic E-state index is 0.0465. The summed E-state index contributed by atoms with van der Waals surface area (Å²) in [5.41, 5.74) is 2.01. The number of nitrogens with one attached hydrogen (secondary N) is 1. The number of amides is 1. The Bertz CT molecular complexity index is 896. The Morgan fingerprint density at radius 2 is 1.96 bits per heavy atom. The van der Waals surface area contributed by atoms with Crippen LogP contribution in [-0.2, 0) is 17.9 Å². The standard InChI is InChI=1S/C20H22N4O2S/c1-3-24-19(16-9-5-4-6-10-16)22-23-20(24)27-14-18(25)21-13-15-8-7-11-17(12-15)26-2/h4-12H,3,13-14H2,1-2H3,(H,21,25). The highest BCUT2D eigenvalue weighted by Gasteiger charge is 2.14. The molecule has 0 bridgehead atoms. The third kappa shape index (κ3) is 4.89. The smallest absolute Gasteiger partial charge is 0.230 e. The Kier molecular flexibility index (Phi) is 6.49. The molecule has 6 nitrogen and oxygen atoms in total. The van der Waals surface area contributed by atoms with Gasteiger partial charge in [0.25, 0.3) is 0 Å². The summed E-state index contributed by atoms with van der Waals surface area (Å²) in [6, 6.07) is 17.6. The lowest BCUT2D eigenvalue weighted by Crippen LogP contribution is -2.24. The van der Waals surface area contributed by atoms with E-state index in [1.54, 1.807) is 7.11 Å². The van der Waals surface area contributed by atoms with Crippen LogP contribution in [0.25, 0.3) is 11.4 Å². The Morgan fingerprint density at radius 3 is 2.70 bits per heavy atom. The first-order valence-corrected chi connectivity index (χ1v) is 9.71. The number of rotatable bonds is 8. The summed E-state index contributed by atoms with van der Waals surface area (Å²) in [5, 5.41) is 12.2. The van der Waals surface area contributed by atoms with Gasteiger partial charge in [0.1, 0.15) is 5.75 Å². The number of ether oxygens (including phenoxy) is 1. The van der Waals surface area contributed by atoms with Gasteiger partial charge in [0.15, 0.2) is 11.0 Å². The summed E-state index contributed by atoms with van der Waals surface area (Å²) >= 11 is 1.39. The van der Waals surface area contributed by atoms with Crippen LogP contribution in [0, 0.1) is 0 Å². The number of nitrogens with zero attached hydrogens (tertiary/aromatic N) is 3. The second kappa shape index (κ2) is 9.23. The van der Waals surface area contributed by atoms with E-state index in [0.717, 1.165) is 34.4 Å². The highest BCUT2D eigenvalue weighted by Crippen LogP contribution is 2.23. The molecule has 0 radical (unpaired) electrons. The van der Waals surface area contributed by atoms with Crippen molar-refractivity contribution in [3.05, 3.63) is 60.2 Å². The number of carbonyl (C=O) groups excluding carboxylic acids is 1. The van der Waals surface area contributed by atoms with Gasteiger partial charge in [-0.25, -0.2) is 0 Å². The van der Waals surface area contributed by atoms with Crippen LogP contribution in [0.1, 0.15) is 12.5 Å². The van der Waals surface area contributed by atoms with Crippen molar-refractivity contribution in [1.82, 2.24) is 20.1 Å². The van der Waals surface area contributed by atoms with Crippen LogP contribution in [-0.4, -0.2) is 33.5 Å². The fourth-order valence-corrected chi connectivity index (χ4v) is 3.48. The lowest BCUT2D eigenvalue weighted by atomic mass is 10.2. The summed E-state index contributed by atoms with van der Waals surface area (Å²) in [5.74, 6) is 1.84. The van der Waals surface area contributed by atoms with Gasteiger partial charge in [-0.1, -0.05) is 54.2 Å². The van der Waals surface area contributed by atoms with Crippen LogP contribution < -0.4 is 10.1 Å². The molecule has 0 spiro atoms. The van der Waals surface area contributed by atoms with Crippen molar-refractivity contribution in [2.75, 3.05) is 12.9 Å². The largest absolute Gasteiger partial charge is 0.497 e. The molecule has 3 rings (SSSR count). The zero-order valence-corrected chi connectivity index (χ0v) is 16.2. The van der Waals surface area contributed by atoms with Crippen molar-refractivity contribution in [3.8, 4) is 17.1 Å². The fourth-order valence-electron chi connectivity index (χ4n) is 2.65. The lowest BCUT2D eigenvalue weighted by molar-refractivity contribution is -0.118. The topological polar surface area (TPSA) is 69.0 Å². The van der Waals surface area contributed by atoms with Crippen LogP contribution >= 0.6 is 11.8 Å². The first-order chi connectivity index (χ1) is 13.2. The van der Waals surface area contributed by atoms with Crippen molar-refractivity contribution in [2.24, 2.45) is 0 Å². The molecule has 0 fully saturated rings. The third-order valence-electron chi connectivity index (χ3n) is 4.02. The van der Waals surface area contributed by atoms with Gasteiger partial charge < -0.3 is 14.6 Å². The molecule has 1 heterocycles. The molecule has 3 aromatic rings. The molecular weight excluding hydrogens is 360 g/mol. The van der Waals surface area contributed by atoms with Gasteiger partial charge in [0, 0.05) is 18.7 Å². The van der Waals surface area contributed by atoms with E-state index < -0.39 is 0 Å². The normalized spacial score (nSPS) is 10.6. The monoisotopic (exact) mass is 382 g/mol. The van der Waals surface area contributed by atoms with E-state index >= 15 is 0 Å². The molecule has 7 heteroatoms. The number of thioether (sulfide) groups is 1. The Hall–Kier alpha value is -2.80. The van der Waals surface area contributed by atoms with Gasteiger partial charge >= 0.3 is 0 Å². The van der Waals surface area contributed by atoms with Crippen molar-refractivity contribution >= 4 is 17.7 Å². The summed E-state index contributed by atoms with van der Waals surface area (Å²) in [7, 11) is 1.63. The molecule has 2 aromatic carbocycles. The van der Waals surface area contributed by atoms with Gasteiger partial charge in [-0.2, -0.15) is 0 Å². The first-order valence-electron chi connectivity index (χ1n) is 8.72. The van der Waals surface area contributed by atoms with Crippen molar-refractivity contribution < 1.29 is 9.53 Å². The van der Waals surface area contributed by atoms with Crippen LogP contribution in [0.3, 0.4) is 0 Å². The number of carbonyl (C=O) groups is 1. The number of benzene rings is 2. The predicted octanol–water partition coefficient (Wildman–Crippen LogP) is 3.38. The van der Waals surface area contributed by atoms with E-state index in [-0.39, 0.29) is 11.7 Å². The maximum Gasteiger partial charge on any atom is 0.230 e. The molecule has 0 aliphatic carbocycles. The van der Waals surface area contributed by atoms with E-state index in [9.17, 15) is 4.79 Å². The quantitative estimate of drug-likeness (QED) is 0.605. The van der Waals surface area contributed by atoms with Crippen LogP contribution in [0.4, 0.5) is 0 Å². The molecule has 27 heavy (non-hydrogen) atoms. The van der Waals surface area contributed by atoms with E-state index in [1.165, 1.54) is 11.8 Å². The molecule has 0 aliphatic heterocycles. The maximum absolute atomic E-state index is 12.2. The molecule has 0 saturated heterocycles. The molecule has 0 unspecified atom stereocenters. The van der Waals surface area contributed by atoms with Gasteiger partial charge in [0.2, 0.25) is 5.91 Å². The van der Waals surface area contributed by atoms with Gasteiger partial charge in [-0.3, -0.25) is 4.79 Å². The average molecular weight is 382 g/mol. The highest BCUT2D eigenvalue weighted by atomic mass is 32.2. The maximum atomic E-state index is 12.2. The molecule has 1 amide bonds. The predicted molar refractivity (Wildman–Crippen MR) is 107 cm³/mol. The van der Waals surface area contributed by atoms with E-state index in [2.05, 4.69) is 15.5 Å². The summed E-state index contributed by atoms with van der Waals surface area (Å²) < 4.78 is 7.22. The Morgan fingerprint density at radius 1 is 1.15 bits per heavy atom. The minimum atomic E-state index is -0.0465. The summed E-state index contributed by atoms with van der Waals surface area (Å²) in [6.45, 7) is 3.25. The van der Waals surface area contributed by atoms with Crippen molar-refractivity contribution in [3.63, 3.8) is 0 Å². The molecule has 0 atom stereocenters. The van der Waals surface area contributed by atoms with E-state index in [1.807, 2.05) is 66.1 Å². The van der Waals surface area contributed by atoms with Crippen molar-refractivity contribution in [2.45, 2.75) is 25.2 Å². The van der Waals surface area contributed by atoms with Gasteiger partial charge in [-0.05, 0) is 24.6 Å². The average Bonchev–Trinajstić information content (AvgIpc) is 3.14. The number of hydrogen-bond donors (Lipinski definition) is 1. The summed E-state index contributed by atoms with van der Waals surface area (Å²) in [4.78, 5) is 12.2. The molecule has 1 N–H and O–H groups in total. The molecule has 140 valence electrons. The minimum Gasteiger partial charge on any atom is -0.497 e. The zero-order valence-electron chi connectivity index (χ0n) is 15.4. The zero-order chi connectivity index (χ0) is 19.1. The van der Waals surface area contributed by atoms with Gasteiger partial charge in [0.05, 0.1) is 12.9 Å². The van der Waals surface area contributed by atoms with E-state index in [4.69, 9.17) is 4.74 Å². The molecule has 1 aromatic heterocycles. The first kappa shape index (κ1) is 19.0. The molecule has 0 aliphatic rings. The van der Waals surface area contributed by atoms with Crippen LogP contribution in [0.2, 0.25) is 0 Å². The highest BCUT2D eigenvalue weighted by molar-refractivity contribution is 7.99. The van der Waals surface area contributed by atoms with E-state index in [0.29, 0.717) is 6.54 Å². The van der Waals surface area contributed by atoms with Gasteiger partial charge in [-0.15, -0.1) is 10.2 Å². The lowest BCUT2D eigenvalue weighted by Gasteiger charge is -2.08. The number of hydrogen-bond acceptors (Lipinski definition) is 5. The molecular formula is C20H22N4O2S. The van der Waals surface area contributed by atoms with Crippen LogP contribution in [0.5, 0.6) is 5.75 Å². The second-order valence-electron chi connectivity index (χ2n) is 5.83. The SMILES string of the molecule is CCn1c(SCC(=O)NCc2cccc(OC)c2)nnc1-c1ccccc1. The Labute approximate surface area is 163 Å². The number of aromatic nitrogens is 3. The molecule has 0 saturated carbocycles. The Balaban J connectivity index is 1.58. The van der Waals surface area contributed by atoms with Crippen LogP contribution in [0.15, 0.2) is 59.8 Å². The third-order valence-corrected chi connectivity index (χ3v) is 4.99. The number of methoxy groups -OCH3 is 1. The van der Waals surface area contributed by atoms with Crippen molar-refractivity contribution in [1.29, 1.82) is 0 Å². The second-order valence-corrected chi connectivity index (χ2v) is 6.78. The fraction of sp³-hybridized carbons (Fsp3) is 0.250.